The first kappa shape index (κ1) is 15.9. The Balaban J connectivity index is 3.09. The molecule has 108 valence electrons. The zero-order chi connectivity index (χ0) is 14.6. The minimum absolute atomic E-state index is 0.0464. The lowest BCUT2D eigenvalue weighted by molar-refractivity contribution is 0.338. The molecule has 1 N–H and O–H groups in total. The summed E-state index contributed by atoms with van der Waals surface area (Å²) in [6, 6.07) is 1.61. The summed E-state index contributed by atoms with van der Waals surface area (Å²) in [6.45, 7) is 6.09. The van der Waals surface area contributed by atoms with Gasteiger partial charge in [-0.1, -0.05) is 13.8 Å². The third-order valence-electron chi connectivity index (χ3n) is 3.14. The van der Waals surface area contributed by atoms with Gasteiger partial charge in [-0.05, 0) is 25.3 Å². The summed E-state index contributed by atoms with van der Waals surface area (Å²) >= 11 is 0. The summed E-state index contributed by atoms with van der Waals surface area (Å²) in [5.41, 5.74) is 0.568. The van der Waals surface area contributed by atoms with Gasteiger partial charge < -0.3 is 5.32 Å². The van der Waals surface area contributed by atoms with E-state index in [0.717, 1.165) is 6.42 Å². The van der Waals surface area contributed by atoms with Crippen LogP contribution in [0.5, 0.6) is 0 Å². The monoisotopic (exact) mass is 285 g/mol. The number of sulfonamides is 1. The number of aromatic nitrogens is 1. The van der Waals surface area contributed by atoms with Crippen LogP contribution in [-0.2, 0) is 10.0 Å². The molecule has 0 aromatic carbocycles. The van der Waals surface area contributed by atoms with E-state index in [2.05, 4.69) is 24.1 Å². The summed E-state index contributed by atoms with van der Waals surface area (Å²) < 4.78 is 26.6. The van der Waals surface area contributed by atoms with E-state index in [-0.39, 0.29) is 10.9 Å². The van der Waals surface area contributed by atoms with E-state index in [1.807, 2.05) is 6.92 Å². The van der Waals surface area contributed by atoms with Crippen molar-refractivity contribution in [3.05, 3.63) is 18.5 Å². The molecular weight excluding hydrogens is 262 g/mol. The van der Waals surface area contributed by atoms with Crippen LogP contribution in [0.2, 0.25) is 0 Å². The molecule has 1 atom stereocenters. The molecule has 0 aliphatic rings. The number of anilines is 1. The molecule has 0 spiro atoms. The van der Waals surface area contributed by atoms with Crippen molar-refractivity contribution >= 4 is 15.7 Å². The van der Waals surface area contributed by atoms with E-state index in [4.69, 9.17) is 0 Å². The minimum Gasteiger partial charge on any atom is -0.387 e. The smallest absolute Gasteiger partial charge is 0.246 e. The lowest BCUT2D eigenvalue weighted by atomic mass is 10.1. The Kier molecular flexibility index (Phi) is 5.31. The van der Waals surface area contributed by atoms with E-state index >= 15 is 0 Å². The molecule has 0 aliphatic carbocycles. The predicted molar refractivity (Wildman–Crippen MR) is 77.6 cm³/mol. The van der Waals surface area contributed by atoms with Crippen LogP contribution in [0, 0.1) is 5.92 Å². The second-order valence-electron chi connectivity index (χ2n) is 5.12. The maximum Gasteiger partial charge on any atom is 0.246 e. The highest BCUT2D eigenvalue weighted by Crippen LogP contribution is 2.25. The average Bonchev–Trinajstić information content (AvgIpc) is 2.36. The molecule has 0 aliphatic heterocycles. The molecule has 1 heterocycles. The van der Waals surface area contributed by atoms with Gasteiger partial charge >= 0.3 is 0 Å². The van der Waals surface area contributed by atoms with Gasteiger partial charge in [0.05, 0.1) is 5.69 Å². The normalized spacial score (nSPS) is 13.8. The Morgan fingerprint density at radius 2 is 2.00 bits per heavy atom. The number of hydrogen-bond acceptors (Lipinski definition) is 4. The Hall–Kier alpha value is -1.14. The summed E-state index contributed by atoms with van der Waals surface area (Å²) in [5.74, 6) is 0.449. The number of rotatable bonds is 6. The lowest BCUT2D eigenvalue weighted by Gasteiger charge is -2.26. The van der Waals surface area contributed by atoms with E-state index < -0.39 is 10.0 Å². The van der Waals surface area contributed by atoms with Gasteiger partial charge in [0.2, 0.25) is 10.0 Å². The second-order valence-corrected chi connectivity index (χ2v) is 7.09. The van der Waals surface area contributed by atoms with Crippen LogP contribution in [0.1, 0.15) is 27.2 Å². The predicted octanol–water partition coefficient (Wildman–Crippen LogP) is 2.18. The van der Waals surface area contributed by atoms with Crippen LogP contribution in [0.3, 0.4) is 0 Å². The van der Waals surface area contributed by atoms with Crippen molar-refractivity contribution in [2.75, 3.05) is 19.4 Å². The first-order chi connectivity index (χ1) is 8.80. The van der Waals surface area contributed by atoms with Crippen molar-refractivity contribution < 1.29 is 8.42 Å². The molecule has 0 amide bonds. The van der Waals surface area contributed by atoms with Gasteiger partial charge in [-0.3, -0.25) is 4.98 Å². The summed E-state index contributed by atoms with van der Waals surface area (Å²) in [4.78, 5) is 4.13. The zero-order valence-corrected chi connectivity index (χ0v) is 13.0. The lowest BCUT2D eigenvalue weighted by Crippen LogP contribution is -2.36. The highest BCUT2D eigenvalue weighted by molar-refractivity contribution is 7.89. The highest BCUT2D eigenvalue weighted by Gasteiger charge is 2.28. The molecule has 5 nitrogen and oxygen atoms in total. The van der Waals surface area contributed by atoms with Crippen molar-refractivity contribution in [3.8, 4) is 0 Å². The van der Waals surface area contributed by atoms with Crippen molar-refractivity contribution in [2.24, 2.45) is 5.92 Å². The Morgan fingerprint density at radius 3 is 2.53 bits per heavy atom. The Morgan fingerprint density at radius 1 is 1.37 bits per heavy atom. The molecule has 0 bridgehead atoms. The summed E-state index contributed by atoms with van der Waals surface area (Å²) in [7, 11) is -0.198. The molecule has 1 aromatic rings. The molecule has 6 heteroatoms. The van der Waals surface area contributed by atoms with Gasteiger partial charge in [0.25, 0.3) is 0 Å². The number of hydrogen-bond donors (Lipinski definition) is 1. The second kappa shape index (κ2) is 6.34. The Labute approximate surface area is 116 Å². The summed E-state index contributed by atoms with van der Waals surface area (Å²) in [6.07, 6.45) is 3.78. The fraction of sp³-hybridized carbons (Fsp3) is 0.615. The van der Waals surface area contributed by atoms with Gasteiger partial charge in [0, 0.05) is 32.5 Å². The van der Waals surface area contributed by atoms with Crippen LogP contribution >= 0.6 is 0 Å². The van der Waals surface area contributed by atoms with Gasteiger partial charge in [-0.2, -0.15) is 4.31 Å². The van der Waals surface area contributed by atoms with Gasteiger partial charge in [0.15, 0.2) is 0 Å². The van der Waals surface area contributed by atoms with Gasteiger partial charge in [-0.25, -0.2) is 8.42 Å². The fourth-order valence-electron chi connectivity index (χ4n) is 2.01. The molecular formula is C13H23N3O2S. The molecule has 1 rings (SSSR count). The van der Waals surface area contributed by atoms with Crippen LogP contribution < -0.4 is 5.32 Å². The van der Waals surface area contributed by atoms with Crippen molar-refractivity contribution in [3.63, 3.8) is 0 Å². The number of nitrogens with zero attached hydrogens (tertiary/aromatic N) is 2. The SMILES string of the molecule is CNc1ccncc1S(=O)(=O)N(C)C(C)CC(C)C. The zero-order valence-electron chi connectivity index (χ0n) is 12.2. The van der Waals surface area contributed by atoms with Crippen LogP contribution in [-0.4, -0.2) is 37.8 Å². The van der Waals surface area contributed by atoms with E-state index in [0.29, 0.717) is 11.6 Å². The molecule has 0 radical (unpaired) electrons. The molecule has 0 fully saturated rings. The van der Waals surface area contributed by atoms with Gasteiger partial charge in [0.1, 0.15) is 4.90 Å². The molecule has 0 saturated carbocycles. The van der Waals surface area contributed by atoms with Crippen molar-refractivity contribution in [2.45, 2.75) is 38.1 Å². The van der Waals surface area contributed by atoms with Crippen molar-refractivity contribution in [1.29, 1.82) is 0 Å². The topological polar surface area (TPSA) is 62.3 Å². The highest BCUT2D eigenvalue weighted by atomic mass is 32.2. The molecule has 0 saturated heterocycles. The standard InChI is InChI=1S/C13H23N3O2S/c1-10(2)8-11(3)16(5)19(17,18)13-9-15-7-6-12(13)14-4/h6-7,9-11H,8H2,1-5H3,(H,14,15). The third kappa shape index (κ3) is 3.67. The van der Waals surface area contributed by atoms with Crippen LogP contribution in [0.25, 0.3) is 0 Å². The van der Waals surface area contributed by atoms with Crippen molar-refractivity contribution in [1.82, 2.24) is 9.29 Å². The number of nitrogens with one attached hydrogen (secondary N) is 1. The van der Waals surface area contributed by atoms with Crippen LogP contribution in [0.15, 0.2) is 23.4 Å². The van der Waals surface area contributed by atoms with E-state index in [1.165, 1.54) is 10.5 Å². The van der Waals surface area contributed by atoms with Crippen LogP contribution in [0.4, 0.5) is 5.69 Å². The average molecular weight is 285 g/mol. The first-order valence-electron chi connectivity index (χ1n) is 6.40. The fourth-order valence-corrected chi connectivity index (χ4v) is 3.53. The summed E-state index contributed by atoms with van der Waals surface area (Å²) in [5, 5.41) is 2.89. The quantitative estimate of drug-likeness (QED) is 0.870. The number of pyridine rings is 1. The molecule has 1 unspecified atom stereocenters. The largest absolute Gasteiger partial charge is 0.387 e. The maximum absolute atomic E-state index is 12.6. The van der Waals surface area contributed by atoms with E-state index in [1.54, 1.807) is 26.4 Å². The Bertz CT molecular complexity index is 514. The first-order valence-corrected chi connectivity index (χ1v) is 7.84. The molecule has 19 heavy (non-hydrogen) atoms. The van der Waals surface area contributed by atoms with E-state index in [9.17, 15) is 8.42 Å². The maximum atomic E-state index is 12.6. The minimum atomic E-state index is -3.52. The third-order valence-corrected chi connectivity index (χ3v) is 5.14. The van der Waals surface area contributed by atoms with Gasteiger partial charge in [-0.15, -0.1) is 0 Å². The molecule has 1 aromatic heterocycles.